The molecule has 2 aromatic carbocycles. The van der Waals surface area contributed by atoms with Crippen LogP contribution in [0, 0.1) is 0 Å². The third kappa shape index (κ3) is 9.41. The number of rotatable bonds is 14. The predicted molar refractivity (Wildman–Crippen MR) is 164 cm³/mol. The highest BCUT2D eigenvalue weighted by molar-refractivity contribution is 7.90. The molecule has 0 spiro atoms. The molecule has 0 unspecified atom stereocenters. The summed E-state index contributed by atoms with van der Waals surface area (Å²) in [5.41, 5.74) is 7.33. The number of methoxy groups -OCH3 is 2. The van der Waals surface area contributed by atoms with Crippen molar-refractivity contribution < 1.29 is 31.1 Å². The van der Waals surface area contributed by atoms with Gasteiger partial charge < -0.3 is 41.0 Å². The molecule has 3 rings (SSSR count). The van der Waals surface area contributed by atoms with Crippen molar-refractivity contribution in [1.29, 1.82) is 0 Å². The molecule has 0 saturated heterocycles. The molecule has 0 radical (unpaired) electrons. The number of nitrogens with one attached hydrogen (secondary N) is 3. The van der Waals surface area contributed by atoms with E-state index in [9.17, 15) is 21.6 Å². The van der Waals surface area contributed by atoms with E-state index in [0.717, 1.165) is 12.8 Å². The number of sulfone groups is 1. The van der Waals surface area contributed by atoms with Crippen LogP contribution in [0.4, 0.5) is 53.4 Å². The molecule has 236 valence electrons. The van der Waals surface area contributed by atoms with Crippen LogP contribution in [0.1, 0.15) is 5.56 Å². The zero-order chi connectivity index (χ0) is 31.9. The lowest BCUT2D eigenvalue weighted by Gasteiger charge is -2.25. The quantitative estimate of drug-likeness (QED) is 0.192. The second-order valence-electron chi connectivity index (χ2n) is 10.0. The number of hydrogen-bond donors (Lipinski definition) is 4. The van der Waals surface area contributed by atoms with Gasteiger partial charge in [0.05, 0.1) is 42.7 Å². The monoisotopic (exact) mass is 626 g/mol. The molecule has 0 aliphatic carbocycles. The fourth-order valence-corrected chi connectivity index (χ4v) is 4.40. The zero-order valence-corrected chi connectivity index (χ0v) is 25.7. The van der Waals surface area contributed by atoms with E-state index in [4.69, 9.17) is 15.2 Å². The normalized spacial score (nSPS) is 11.8. The van der Waals surface area contributed by atoms with Gasteiger partial charge in [-0.2, -0.15) is 18.2 Å². The number of likely N-dealkylation sites (N-methyl/N-ethyl adjacent to an activating group) is 2. The van der Waals surface area contributed by atoms with Crippen molar-refractivity contribution in [1.82, 2.24) is 14.9 Å². The average Bonchev–Trinajstić information content (AvgIpc) is 2.91. The Hall–Kier alpha value is -4.18. The fraction of sp³-hybridized carbons (Fsp3) is 0.407. The Morgan fingerprint density at radius 2 is 1.65 bits per heavy atom. The Morgan fingerprint density at radius 1 is 0.977 bits per heavy atom. The molecule has 0 atom stereocenters. The minimum atomic E-state index is -4.76. The van der Waals surface area contributed by atoms with Gasteiger partial charge in [-0.25, -0.2) is 13.4 Å². The molecular weight excluding hydrogens is 589 g/mol. The van der Waals surface area contributed by atoms with Gasteiger partial charge in [-0.05, 0) is 32.3 Å². The second-order valence-corrected chi connectivity index (χ2v) is 12.3. The first-order valence-electron chi connectivity index (χ1n) is 13.0. The van der Waals surface area contributed by atoms with Gasteiger partial charge in [0.15, 0.2) is 0 Å². The van der Waals surface area contributed by atoms with Crippen LogP contribution in [0.3, 0.4) is 0 Å². The molecule has 43 heavy (non-hydrogen) atoms. The fourth-order valence-electron chi connectivity index (χ4n) is 3.93. The van der Waals surface area contributed by atoms with Crippen molar-refractivity contribution in [3.8, 4) is 11.5 Å². The van der Waals surface area contributed by atoms with Gasteiger partial charge in [0, 0.05) is 57.0 Å². The summed E-state index contributed by atoms with van der Waals surface area (Å²) in [6, 6.07) is 8.01. The summed E-state index contributed by atoms with van der Waals surface area (Å²) in [5.74, 6) is -0.127. The molecule has 12 nitrogen and oxygen atoms in total. The summed E-state index contributed by atoms with van der Waals surface area (Å²) in [7, 11) is 5.43. The van der Waals surface area contributed by atoms with Crippen LogP contribution in [0.5, 0.6) is 11.5 Å². The van der Waals surface area contributed by atoms with Gasteiger partial charge in [0.1, 0.15) is 32.7 Å². The number of aromatic nitrogens is 2. The van der Waals surface area contributed by atoms with Crippen molar-refractivity contribution in [2.24, 2.45) is 0 Å². The first-order chi connectivity index (χ1) is 20.1. The highest BCUT2D eigenvalue weighted by atomic mass is 32.2. The maximum Gasteiger partial charge on any atom is 0.421 e. The highest BCUT2D eigenvalue weighted by Gasteiger charge is 2.35. The van der Waals surface area contributed by atoms with Gasteiger partial charge in [-0.15, -0.1) is 0 Å². The minimum Gasteiger partial charge on any atom is -0.494 e. The molecule has 0 saturated carbocycles. The Kier molecular flexibility index (Phi) is 10.7. The number of ether oxygens (including phenoxy) is 2. The van der Waals surface area contributed by atoms with Crippen molar-refractivity contribution in [2.45, 2.75) is 6.18 Å². The molecule has 0 fully saturated rings. The number of hydrogen-bond acceptors (Lipinski definition) is 12. The molecule has 1 aromatic heterocycles. The highest BCUT2D eigenvalue weighted by Crippen LogP contribution is 2.40. The van der Waals surface area contributed by atoms with Gasteiger partial charge >= 0.3 is 6.18 Å². The van der Waals surface area contributed by atoms with Gasteiger partial charge in [0.2, 0.25) is 5.95 Å². The first-order valence-corrected chi connectivity index (χ1v) is 15.1. The molecule has 1 heterocycles. The number of benzene rings is 2. The lowest BCUT2D eigenvalue weighted by atomic mass is 10.2. The summed E-state index contributed by atoms with van der Waals surface area (Å²) in [5, 5.41) is 8.59. The third-order valence-corrected chi connectivity index (χ3v) is 7.19. The van der Waals surface area contributed by atoms with Crippen molar-refractivity contribution in [3.63, 3.8) is 0 Å². The number of nitrogens with two attached hydrogens (primary N) is 1. The van der Waals surface area contributed by atoms with Gasteiger partial charge in [-0.3, -0.25) is 0 Å². The maximum atomic E-state index is 14.0. The van der Waals surface area contributed by atoms with E-state index in [1.165, 1.54) is 20.3 Å². The molecule has 16 heteroatoms. The molecule has 0 aliphatic heterocycles. The van der Waals surface area contributed by atoms with E-state index < -0.39 is 27.4 Å². The van der Waals surface area contributed by atoms with E-state index in [2.05, 4.69) is 25.9 Å². The lowest BCUT2D eigenvalue weighted by molar-refractivity contribution is -0.137. The largest absolute Gasteiger partial charge is 0.494 e. The SMILES string of the molecule is COc1cc(NCCS(C)(=O)=O)ccc1Nc1ncc(C(F)(F)F)c(Nc2cc(N)c(N(C)CCN(C)C)cc2OC)n1. The lowest BCUT2D eigenvalue weighted by Crippen LogP contribution is -2.29. The van der Waals surface area contributed by atoms with E-state index in [1.807, 2.05) is 30.9 Å². The maximum absolute atomic E-state index is 14.0. The number of alkyl halides is 3. The van der Waals surface area contributed by atoms with Crippen LogP contribution < -0.4 is 36.1 Å². The summed E-state index contributed by atoms with van der Waals surface area (Å²) >= 11 is 0. The molecular formula is C27H37F3N8O4S. The van der Waals surface area contributed by atoms with Crippen LogP contribution in [0.2, 0.25) is 0 Å². The van der Waals surface area contributed by atoms with Crippen LogP contribution in [0.25, 0.3) is 0 Å². The van der Waals surface area contributed by atoms with Crippen LogP contribution in [-0.2, 0) is 16.0 Å². The standard InChI is InChI=1S/C27H37F3N8O4S/c1-37(2)10-11-38(3)22-15-24(42-5)21(14-19(22)31)34-25-18(27(28,29)30)16-33-26(36-25)35-20-8-7-17(13-23(20)41-4)32-9-12-43(6,39)40/h7-8,13-16,32H,9-12,31H2,1-6H3,(H2,33,34,35,36). The zero-order valence-electron chi connectivity index (χ0n) is 24.8. The van der Waals surface area contributed by atoms with Crippen LogP contribution in [-0.4, -0.2) is 90.3 Å². The number of nitrogens with zero attached hydrogens (tertiary/aromatic N) is 4. The van der Waals surface area contributed by atoms with E-state index in [-0.39, 0.29) is 29.7 Å². The van der Waals surface area contributed by atoms with E-state index >= 15 is 0 Å². The molecule has 3 aromatic rings. The Morgan fingerprint density at radius 3 is 2.26 bits per heavy atom. The van der Waals surface area contributed by atoms with Crippen molar-refractivity contribution in [2.75, 3.05) is 93.6 Å². The first kappa shape index (κ1) is 33.3. The Labute approximate surface area is 249 Å². The second kappa shape index (κ2) is 13.9. The Bertz CT molecular complexity index is 1520. The smallest absolute Gasteiger partial charge is 0.421 e. The third-order valence-electron chi connectivity index (χ3n) is 6.24. The van der Waals surface area contributed by atoms with E-state index in [1.54, 1.807) is 24.3 Å². The topological polar surface area (TPSA) is 147 Å². The minimum absolute atomic E-state index is 0.0587. The summed E-state index contributed by atoms with van der Waals surface area (Å²) < 4.78 is 75.5. The van der Waals surface area contributed by atoms with Crippen molar-refractivity contribution in [3.05, 3.63) is 42.1 Å². The molecule has 5 N–H and O–H groups in total. The summed E-state index contributed by atoms with van der Waals surface area (Å²) in [4.78, 5) is 11.9. The van der Waals surface area contributed by atoms with Gasteiger partial charge in [0.25, 0.3) is 0 Å². The van der Waals surface area contributed by atoms with Crippen LogP contribution >= 0.6 is 0 Å². The molecule has 0 amide bonds. The summed E-state index contributed by atoms with van der Waals surface area (Å²) in [6.45, 7) is 1.61. The summed E-state index contributed by atoms with van der Waals surface area (Å²) in [6.07, 6.45) is -2.95. The van der Waals surface area contributed by atoms with Gasteiger partial charge in [-0.1, -0.05) is 0 Å². The number of halogens is 3. The van der Waals surface area contributed by atoms with E-state index in [0.29, 0.717) is 41.2 Å². The molecule has 0 bridgehead atoms. The van der Waals surface area contributed by atoms with Crippen LogP contribution in [0.15, 0.2) is 36.5 Å². The average molecular weight is 627 g/mol. The Balaban J connectivity index is 1.92. The predicted octanol–water partition coefficient (Wildman–Crippen LogP) is 4.04. The van der Waals surface area contributed by atoms with Crippen molar-refractivity contribution >= 4 is 50.0 Å². The molecule has 0 aliphatic rings. The number of nitrogen functional groups attached to an aromatic ring is 1. The number of anilines is 7.